The predicted molar refractivity (Wildman–Crippen MR) is 95.8 cm³/mol. The summed E-state index contributed by atoms with van der Waals surface area (Å²) in [6, 6.07) is 5.91. The maximum Gasteiger partial charge on any atom is 0.430 e. The highest BCUT2D eigenvalue weighted by Gasteiger charge is 2.72. The number of sulfonamides is 1. The zero-order valence-corrected chi connectivity index (χ0v) is 16.5. The van der Waals surface area contributed by atoms with Crippen LogP contribution in [0.1, 0.15) is 18.4 Å². The molecular weight excluding hydrogens is 450 g/mol. The Morgan fingerprint density at radius 2 is 1.77 bits per heavy atom. The molecule has 0 saturated carbocycles. The SMILES string of the molecule is N#Cc1cccc(S(=O)(=O)N2CCCC3C=C(C(O)(C(F)(F)F)C(F)(F)F)C=CC32)c1. The summed E-state index contributed by atoms with van der Waals surface area (Å²) in [5.41, 5.74) is -6.38. The van der Waals surface area contributed by atoms with E-state index < -0.39 is 45.5 Å². The number of fused-ring (bicyclic) bond motifs is 1. The highest BCUT2D eigenvalue weighted by molar-refractivity contribution is 7.89. The number of piperidine rings is 1. The van der Waals surface area contributed by atoms with Crippen molar-refractivity contribution in [2.45, 2.75) is 41.7 Å². The number of hydrogen-bond acceptors (Lipinski definition) is 4. The normalized spacial score (nSPS) is 23.1. The standard InChI is InChI=1S/C19H16F6N2O3S/c20-18(21,22)17(28,19(23,24)25)14-6-7-16-13(10-14)4-2-8-27(16)31(29,30)15-5-1-3-12(9-15)11-26/h1,3,5-7,9-10,13,16,28H,2,4,8H2. The van der Waals surface area contributed by atoms with Crippen LogP contribution >= 0.6 is 0 Å². The third kappa shape index (κ3) is 3.86. The monoisotopic (exact) mass is 466 g/mol. The van der Waals surface area contributed by atoms with E-state index in [1.807, 2.05) is 0 Å². The number of nitrogens with zero attached hydrogens (tertiary/aromatic N) is 2. The first-order valence-corrected chi connectivity index (χ1v) is 10.5. The van der Waals surface area contributed by atoms with Crippen molar-refractivity contribution in [3.63, 3.8) is 0 Å². The van der Waals surface area contributed by atoms with Gasteiger partial charge in [0.15, 0.2) is 0 Å². The maximum absolute atomic E-state index is 13.2. The lowest BCUT2D eigenvalue weighted by Crippen LogP contribution is -2.58. The average molecular weight is 466 g/mol. The van der Waals surface area contributed by atoms with E-state index in [2.05, 4.69) is 0 Å². The van der Waals surface area contributed by atoms with Crippen LogP contribution in [-0.4, -0.2) is 48.4 Å². The molecule has 168 valence electrons. The molecule has 1 aromatic carbocycles. The van der Waals surface area contributed by atoms with Gasteiger partial charge in [-0.2, -0.15) is 35.9 Å². The van der Waals surface area contributed by atoms with Crippen molar-refractivity contribution in [1.29, 1.82) is 5.26 Å². The Morgan fingerprint density at radius 1 is 1.13 bits per heavy atom. The van der Waals surface area contributed by atoms with Gasteiger partial charge in [-0.25, -0.2) is 8.42 Å². The molecule has 3 rings (SSSR count). The summed E-state index contributed by atoms with van der Waals surface area (Å²) >= 11 is 0. The van der Waals surface area contributed by atoms with Crippen LogP contribution < -0.4 is 0 Å². The molecule has 1 aromatic rings. The van der Waals surface area contributed by atoms with Crippen molar-refractivity contribution < 1.29 is 39.9 Å². The van der Waals surface area contributed by atoms with Crippen molar-refractivity contribution in [1.82, 2.24) is 4.31 Å². The molecule has 0 bridgehead atoms. The van der Waals surface area contributed by atoms with Gasteiger partial charge in [-0.05, 0) is 42.5 Å². The van der Waals surface area contributed by atoms with Gasteiger partial charge < -0.3 is 5.11 Å². The molecule has 1 N–H and O–H groups in total. The lowest BCUT2D eigenvalue weighted by molar-refractivity contribution is -0.351. The molecule has 1 heterocycles. The molecule has 0 aromatic heterocycles. The largest absolute Gasteiger partial charge is 0.430 e. The van der Waals surface area contributed by atoms with Crippen LogP contribution in [0.15, 0.2) is 53.0 Å². The Bertz CT molecular complexity index is 1060. The molecule has 2 unspecified atom stereocenters. The van der Waals surface area contributed by atoms with Gasteiger partial charge in [0, 0.05) is 12.6 Å². The molecule has 0 radical (unpaired) electrons. The molecule has 1 aliphatic heterocycles. The van der Waals surface area contributed by atoms with E-state index in [4.69, 9.17) is 5.26 Å². The van der Waals surface area contributed by atoms with Gasteiger partial charge in [-0.1, -0.05) is 24.3 Å². The van der Waals surface area contributed by atoms with Gasteiger partial charge in [-0.15, -0.1) is 0 Å². The van der Waals surface area contributed by atoms with Crippen molar-refractivity contribution in [2.75, 3.05) is 6.54 Å². The summed E-state index contributed by atoms with van der Waals surface area (Å²) < 4.78 is 106. The van der Waals surface area contributed by atoms with Gasteiger partial charge in [-0.3, -0.25) is 0 Å². The maximum atomic E-state index is 13.2. The molecule has 1 fully saturated rings. The molecule has 5 nitrogen and oxygen atoms in total. The van der Waals surface area contributed by atoms with Crippen molar-refractivity contribution in [2.24, 2.45) is 5.92 Å². The quantitative estimate of drug-likeness (QED) is 0.690. The van der Waals surface area contributed by atoms with Crippen LogP contribution in [0.2, 0.25) is 0 Å². The van der Waals surface area contributed by atoms with Gasteiger partial charge >= 0.3 is 12.4 Å². The molecule has 2 atom stereocenters. The molecule has 0 amide bonds. The number of aliphatic hydroxyl groups is 1. The van der Waals surface area contributed by atoms with Gasteiger partial charge in [0.1, 0.15) is 0 Å². The van der Waals surface area contributed by atoms with Crippen LogP contribution in [0.5, 0.6) is 0 Å². The second-order valence-corrected chi connectivity index (χ2v) is 9.13. The Hall–Kier alpha value is -2.36. The second kappa shape index (κ2) is 7.65. The van der Waals surface area contributed by atoms with E-state index in [0.717, 1.165) is 16.4 Å². The summed E-state index contributed by atoms with van der Waals surface area (Å²) in [4.78, 5) is -0.211. The highest BCUT2D eigenvalue weighted by atomic mass is 32.2. The fourth-order valence-electron chi connectivity index (χ4n) is 3.80. The van der Waals surface area contributed by atoms with Crippen molar-refractivity contribution >= 4 is 10.0 Å². The van der Waals surface area contributed by atoms with Crippen LogP contribution in [0.25, 0.3) is 0 Å². The zero-order chi connectivity index (χ0) is 23.2. The Kier molecular flexibility index (Phi) is 5.75. The van der Waals surface area contributed by atoms with Gasteiger partial charge in [0.25, 0.3) is 5.60 Å². The van der Waals surface area contributed by atoms with Crippen LogP contribution in [0, 0.1) is 17.2 Å². The minimum absolute atomic E-state index is 0.00337. The summed E-state index contributed by atoms with van der Waals surface area (Å²) in [5, 5.41) is 18.6. The summed E-state index contributed by atoms with van der Waals surface area (Å²) in [5.74, 6) is -1.00. The van der Waals surface area contributed by atoms with Crippen LogP contribution in [-0.2, 0) is 10.0 Å². The highest BCUT2D eigenvalue weighted by Crippen LogP contribution is 2.50. The first-order chi connectivity index (χ1) is 14.2. The lowest BCUT2D eigenvalue weighted by atomic mass is 9.79. The minimum atomic E-state index is -6.02. The fourth-order valence-corrected chi connectivity index (χ4v) is 5.51. The molecular formula is C19H16F6N2O3S. The molecule has 31 heavy (non-hydrogen) atoms. The Labute approximate surface area is 173 Å². The topological polar surface area (TPSA) is 81.4 Å². The summed E-state index contributed by atoms with van der Waals surface area (Å²) in [6.07, 6.45) is -9.66. The van der Waals surface area contributed by atoms with Crippen molar-refractivity contribution in [3.05, 3.63) is 53.6 Å². The number of benzene rings is 1. The Balaban J connectivity index is 2.00. The molecule has 2 aliphatic rings. The van der Waals surface area contributed by atoms with Crippen molar-refractivity contribution in [3.8, 4) is 6.07 Å². The van der Waals surface area contributed by atoms with Crippen LogP contribution in [0.4, 0.5) is 26.3 Å². The average Bonchev–Trinajstić information content (AvgIpc) is 2.70. The first-order valence-electron chi connectivity index (χ1n) is 9.02. The van der Waals surface area contributed by atoms with Gasteiger partial charge in [0.2, 0.25) is 10.0 Å². The van der Waals surface area contributed by atoms with Crippen LogP contribution in [0.3, 0.4) is 0 Å². The van der Waals surface area contributed by atoms with E-state index in [1.54, 1.807) is 6.07 Å². The smallest absolute Gasteiger partial charge is 0.370 e. The number of rotatable bonds is 3. The molecule has 0 spiro atoms. The molecule has 12 heteroatoms. The van der Waals surface area contributed by atoms with E-state index in [-0.39, 0.29) is 29.8 Å². The predicted octanol–water partition coefficient (Wildman–Crippen LogP) is 3.68. The number of hydrogen-bond donors (Lipinski definition) is 1. The van der Waals surface area contributed by atoms with E-state index in [9.17, 15) is 39.9 Å². The lowest BCUT2D eigenvalue weighted by Gasteiger charge is -2.42. The van der Waals surface area contributed by atoms with E-state index in [0.29, 0.717) is 12.2 Å². The number of nitriles is 1. The summed E-state index contributed by atoms with van der Waals surface area (Å²) in [7, 11) is -4.18. The third-order valence-corrected chi connectivity index (χ3v) is 7.25. The second-order valence-electron chi connectivity index (χ2n) is 7.24. The molecule has 1 saturated heterocycles. The minimum Gasteiger partial charge on any atom is -0.370 e. The van der Waals surface area contributed by atoms with E-state index in [1.165, 1.54) is 18.2 Å². The zero-order valence-electron chi connectivity index (χ0n) is 15.7. The number of alkyl halides is 6. The number of halogens is 6. The van der Waals surface area contributed by atoms with Gasteiger partial charge in [0.05, 0.1) is 16.5 Å². The van der Waals surface area contributed by atoms with E-state index >= 15 is 0 Å². The first kappa shape index (κ1) is 23.3. The summed E-state index contributed by atoms with van der Waals surface area (Å²) in [6.45, 7) is -0.00337. The third-order valence-electron chi connectivity index (χ3n) is 5.36. The fraction of sp³-hybridized carbons (Fsp3) is 0.421. The molecule has 1 aliphatic carbocycles. The Morgan fingerprint density at radius 3 is 2.35 bits per heavy atom.